The summed E-state index contributed by atoms with van der Waals surface area (Å²) in [4.78, 5) is 11.0. The van der Waals surface area contributed by atoms with Gasteiger partial charge in [-0.15, -0.1) is 0 Å². The molecule has 0 radical (unpaired) electrons. The molecule has 10 heavy (non-hydrogen) atoms. The van der Waals surface area contributed by atoms with E-state index in [1.165, 1.54) is 13.5 Å². The summed E-state index contributed by atoms with van der Waals surface area (Å²) in [6.07, 6.45) is 1.22. The molecule has 56 valence electrons. The molecule has 1 N–H and O–H groups in total. The van der Waals surface area contributed by atoms with Gasteiger partial charge in [-0.1, -0.05) is 0 Å². The lowest BCUT2D eigenvalue weighted by Crippen LogP contribution is -2.35. The summed E-state index contributed by atoms with van der Waals surface area (Å²) in [7, 11) is 1.44. The number of nitrogens with one attached hydrogen (secondary N) is 1. The van der Waals surface area contributed by atoms with Crippen LogP contribution in [0.5, 0.6) is 0 Å². The molecule has 2 fully saturated rings. The Kier molecular flexibility index (Phi) is 1.20. The second-order valence-corrected chi connectivity index (χ2v) is 3.07. The molecule has 1 aliphatic carbocycles. The third kappa shape index (κ3) is 0.736. The number of piperidine rings is 1. The van der Waals surface area contributed by atoms with Gasteiger partial charge in [0.2, 0.25) is 0 Å². The number of methoxy groups -OCH3 is 1. The van der Waals surface area contributed by atoms with Gasteiger partial charge >= 0.3 is 5.97 Å². The Morgan fingerprint density at radius 2 is 2.50 bits per heavy atom. The highest BCUT2D eigenvalue weighted by atomic mass is 16.5. The molecule has 1 saturated heterocycles. The minimum absolute atomic E-state index is 0.00926. The normalized spacial score (nSPS) is 42.7. The van der Waals surface area contributed by atoms with Gasteiger partial charge < -0.3 is 10.1 Å². The van der Waals surface area contributed by atoms with Crippen LogP contribution >= 0.6 is 0 Å². The summed E-state index contributed by atoms with van der Waals surface area (Å²) in [6, 6.07) is 0.00926. The molecular formula is C7H11NO2. The van der Waals surface area contributed by atoms with Gasteiger partial charge in [-0.3, -0.25) is 4.79 Å². The molecule has 2 rings (SSSR count). The number of esters is 1. The quantitative estimate of drug-likeness (QED) is 0.512. The maximum Gasteiger partial charge on any atom is 0.323 e. The summed E-state index contributed by atoms with van der Waals surface area (Å²) in [5, 5.41) is 3.13. The van der Waals surface area contributed by atoms with E-state index in [0.717, 1.165) is 12.5 Å². The van der Waals surface area contributed by atoms with E-state index in [0.29, 0.717) is 5.92 Å². The number of ether oxygens (including phenoxy) is 1. The van der Waals surface area contributed by atoms with Crippen LogP contribution in [0.2, 0.25) is 0 Å². The molecule has 1 heterocycles. The van der Waals surface area contributed by atoms with Crippen LogP contribution in [0.1, 0.15) is 6.42 Å². The lowest BCUT2D eigenvalue weighted by atomic mass is 10.2. The van der Waals surface area contributed by atoms with Crippen molar-refractivity contribution in [1.29, 1.82) is 0 Å². The fourth-order valence-electron chi connectivity index (χ4n) is 1.73. The predicted molar refractivity (Wildman–Crippen MR) is 35.4 cm³/mol. The maximum atomic E-state index is 11.0. The SMILES string of the molecule is COC(=O)[C@H]1NC[C@H]2C[C@@H]21. The van der Waals surface area contributed by atoms with Gasteiger partial charge in [-0.25, -0.2) is 0 Å². The smallest absolute Gasteiger partial charge is 0.323 e. The molecule has 0 bridgehead atoms. The fourth-order valence-corrected chi connectivity index (χ4v) is 1.73. The van der Waals surface area contributed by atoms with Crippen LogP contribution in [0.25, 0.3) is 0 Å². The van der Waals surface area contributed by atoms with Crippen molar-refractivity contribution < 1.29 is 9.53 Å². The Bertz CT molecular complexity index is 169. The second kappa shape index (κ2) is 1.95. The van der Waals surface area contributed by atoms with Gasteiger partial charge in [0.1, 0.15) is 6.04 Å². The van der Waals surface area contributed by atoms with Crippen molar-refractivity contribution in [2.45, 2.75) is 12.5 Å². The van der Waals surface area contributed by atoms with Crippen molar-refractivity contribution in [3.8, 4) is 0 Å². The molecule has 3 nitrogen and oxygen atoms in total. The highest BCUT2D eigenvalue weighted by molar-refractivity contribution is 5.77. The Hall–Kier alpha value is -0.570. The molecule has 3 heteroatoms. The number of hydrogen-bond acceptors (Lipinski definition) is 3. The second-order valence-electron chi connectivity index (χ2n) is 3.07. The van der Waals surface area contributed by atoms with Gasteiger partial charge in [0.15, 0.2) is 0 Å². The first-order chi connectivity index (χ1) is 4.83. The molecule has 2 aliphatic rings. The Morgan fingerprint density at radius 3 is 2.90 bits per heavy atom. The molecule has 1 saturated carbocycles. The zero-order chi connectivity index (χ0) is 7.14. The van der Waals surface area contributed by atoms with Crippen LogP contribution in [0.3, 0.4) is 0 Å². The van der Waals surface area contributed by atoms with E-state index < -0.39 is 0 Å². The molecule has 0 aromatic carbocycles. The first kappa shape index (κ1) is 6.16. The number of carbonyl (C=O) groups excluding carboxylic acids is 1. The van der Waals surface area contributed by atoms with Crippen LogP contribution < -0.4 is 5.32 Å². The van der Waals surface area contributed by atoms with Crippen molar-refractivity contribution >= 4 is 5.97 Å². The van der Waals surface area contributed by atoms with E-state index in [-0.39, 0.29) is 12.0 Å². The summed E-state index contributed by atoms with van der Waals surface area (Å²) in [6.45, 7) is 1.00. The first-order valence-corrected chi connectivity index (χ1v) is 3.64. The van der Waals surface area contributed by atoms with E-state index in [2.05, 4.69) is 10.1 Å². The van der Waals surface area contributed by atoms with Crippen LogP contribution in [-0.4, -0.2) is 25.7 Å². The summed E-state index contributed by atoms with van der Waals surface area (Å²) in [5.74, 6) is 1.27. The minimum Gasteiger partial charge on any atom is -0.468 e. The third-order valence-electron chi connectivity index (χ3n) is 2.46. The Morgan fingerprint density at radius 1 is 1.70 bits per heavy atom. The van der Waals surface area contributed by atoms with Crippen molar-refractivity contribution in [2.24, 2.45) is 11.8 Å². The average molecular weight is 141 g/mol. The predicted octanol–water partition coefficient (Wildman–Crippen LogP) is -0.233. The average Bonchev–Trinajstić information content (AvgIpc) is 2.62. The fraction of sp³-hybridized carbons (Fsp3) is 0.857. The van der Waals surface area contributed by atoms with Gasteiger partial charge in [0.25, 0.3) is 0 Å². The van der Waals surface area contributed by atoms with Crippen molar-refractivity contribution in [1.82, 2.24) is 5.32 Å². The van der Waals surface area contributed by atoms with Crippen molar-refractivity contribution in [2.75, 3.05) is 13.7 Å². The van der Waals surface area contributed by atoms with Crippen LogP contribution in [0, 0.1) is 11.8 Å². The number of carbonyl (C=O) groups is 1. The highest BCUT2D eigenvalue weighted by Gasteiger charge is 2.51. The molecule has 0 amide bonds. The monoisotopic (exact) mass is 141 g/mol. The zero-order valence-electron chi connectivity index (χ0n) is 5.96. The summed E-state index contributed by atoms with van der Waals surface area (Å²) >= 11 is 0. The summed E-state index contributed by atoms with van der Waals surface area (Å²) in [5.41, 5.74) is 0. The molecule has 0 spiro atoms. The van der Waals surface area contributed by atoms with Crippen molar-refractivity contribution in [3.05, 3.63) is 0 Å². The molecule has 0 unspecified atom stereocenters. The lowest BCUT2D eigenvalue weighted by molar-refractivity contribution is -0.143. The lowest BCUT2D eigenvalue weighted by Gasteiger charge is -2.08. The largest absolute Gasteiger partial charge is 0.468 e. The van der Waals surface area contributed by atoms with Gasteiger partial charge in [0, 0.05) is 0 Å². The minimum atomic E-state index is -0.0926. The zero-order valence-corrected chi connectivity index (χ0v) is 5.96. The Labute approximate surface area is 59.7 Å². The van der Waals surface area contributed by atoms with E-state index in [9.17, 15) is 4.79 Å². The maximum absolute atomic E-state index is 11.0. The number of hydrogen-bond donors (Lipinski definition) is 1. The topological polar surface area (TPSA) is 38.3 Å². The molecule has 3 atom stereocenters. The van der Waals surface area contributed by atoms with Gasteiger partial charge in [-0.2, -0.15) is 0 Å². The van der Waals surface area contributed by atoms with Crippen LogP contribution in [0.15, 0.2) is 0 Å². The highest BCUT2D eigenvalue weighted by Crippen LogP contribution is 2.45. The molecule has 0 aromatic rings. The van der Waals surface area contributed by atoms with Crippen molar-refractivity contribution in [3.63, 3.8) is 0 Å². The van der Waals surface area contributed by atoms with Gasteiger partial charge in [0.05, 0.1) is 7.11 Å². The third-order valence-corrected chi connectivity index (χ3v) is 2.46. The van der Waals surface area contributed by atoms with E-state index in [4.69, 9.17) is 0 Å². The number of fused-ring (bicyclic) bond motifs is 1. The molecule has 1 aliphatic heterocycles. The molecule has 0 aromatic heterocycles. The summed E-state index contributed by atoms with van der Waals surface area (Å²) < 4.78 is 4.63. The standard InChI is InChI=1S/C7H11NO2/c1-10-7(9)6-5-2-4(5)3-8-6/h4-6,8H,2-3H2,1H3/t4-,5+,6+/m1/s1. The van der Waals surface area contributed by atoms with Gasteiger partial charge in [-0.05, 0) is 24.8 Å². The van der Waals surface area contributed by atoms with E-state index in [1.807, 2.05) is 0 Å². The van der Waals surface area contributed by atoms with Crippen LogP contribution in [0.4, 0.5) is 0 Å². The number of rotatable bonds is 1. The van der Waals surface area contributed by atoms with E-state index >= 15 is 0 Å². The van der Waals surface area contributed by atoms with E-state index in [1.54, 1.807) is 0 Å². The van der Waals surface area contributed by atoms with Crippen LogP contribution in [-0.2, 0) is 9.53 Å². The Balaban J connectivity index is 1.98. The molecular weight excluding hydrogens is 130 g/mol. The first-order valence-electron chi connectivity index (χ1n) is 3.64.